The van der Waals surface area contributed by atoms with Gasteiger partial charge in [-0.15, -0.1) is 0 Å². The summed E-state index contributed by atoms with van der Waals surface area (Å²) in [6, 6.07) is 21.6. The summed E-state index contributed by atoms with van der Waals surface area (Å²) in [5, 5.41) is 15.5. The Morgan fingerprint density at radius 1 is 0.889 bits per heavy atom. The molecule has 27 heavy (non-hydrogen) atoms. The fourth-order valence-corrected chi connectivity index (χ4v) is 2.75. The molecule has 5 nitrogen and oxygen atoms in total. The summed E-state index contributed by atoms with van der Waals surface area (Å²) in [6.07, 6.45) is -0.595. The van der Waals surface area contributed by atoms with Gasteiger partial charge in [0.1, 0.15) is 25.1 Å². The zero-order valence-corrected chi connectivity index (χ0v) is 15.4. The van der Waals surface area contributed by atoms with Gasteiger partial charge in [0.2, 0.25) is 0 Å². The lowest BCUT2D eigenvalue weighted by Crippen LogP contribution is -2.33. The molecule has 1 atom stereocenters. The molecule has 0 bridgehead atoms. The van der Waals surface area contributed by atoms with Crippen LogP contribution >= 0.6 is 0 Å². The Balaban J connectivity index is 1.35. The van der Waals surface area contributed by atoms with Crippen LogP contribution in [0.4, 0.5) is 0 Å². The fourth-order valence-electron chi connectivity index (χ4n) is 2.75. The van der Waals surface area contributed by atoms with E-state index < -0.39 is 6.10 Å². The molecule has 0 fully saturated rings. The van der Waals surface area contributed by atoms with Crippen LogP contribution in [-0.4, -0.2) is 44.6 Å². The van der Waals surface area contributed by atoms with Gasteiger partial charge in [-0.2, -0.15) is 0 Å². The van der Waals surface area contributed by atoms with Crippen LogP contribution in [0.1, 0.15) is 0 Å². The van der Waals surface area contributed by atoms with Crippen molar-refractivity contribution in [1.82, 2.24) is 5.32 Å². The minimum Gasteiger partial charge on any atom is -0.493 e. The van der Waals surface area contributed by atoms with Crippen molar-refractivity contribution < 1.29 is 19.3 Å². The monoisotopic (exact) mass is 367 g/mol. The highest BCUT2D eigenvalue weighted by molar-refractivity contribution is 5.83. The summed E-state index contributed by atoms with van der Waals surface area (Å²) in [5.41, 5.74) is 0. The van der Waals surface area contributed by atoms with E-state index in [1.165, 1.54) is 5.39 Å². The number of hydrogen-bond donors (Lipinski definition) is 2. The van der Waals surface area contributed by atoms with Crippen LogP contribution < -0.4 is 19.5 Å². The molecule has 0 aromatic heterocycles. The van der Waals surface area contributed by atoms with Crippen molar-refractivity contribution in [2.24, 2.45) is 0 Å². The first-order valence-corrected chi connectivity index (χ1v) is 9.02. The lowest BCUT2D eigenvalue weighted by Gasteiger charge is -2.14. The molecule has 0 aliphatic rings. The van der Waals surface area contributed by atoms with Gasteiger partial charge in [0.25, 0.3) is 0 Å². The summed E-state index contributed by atoms with van der Waals surface area (Å²) >= 11 is 0. The van der Waals surface area contributed by atoms with Gasteiger partial charge in [-0.1, -0.05) is 42.5 Å². The van der Waals surface area contributed by atoms with Crippen molar-refractivity contribution in [2.75, 3.05) is 33.4 Å². The van der Waals surface area contributed by atoms with E-state index in [2.05, 4.69) is 11.4 Å². The topological polar surface area (TPSA) is 60.0 Å². The van der Waals surface area contributed by atoms with Gasteiger partial charge in [-0.3, -0.25) is 0 Å². The van der Waals surface area contributed by atoms with Crippen molar-refractivity contribution >= 4 is 10.8 Å². The van der Waals surface area contributed by atoms with E-state index in [1.54, 1.807) is 7.11 Å². The van der Waals surface area contributed by atoms with Gasteiger partial charge < -0.3 is 24.6 Å². The third-order valence-corrected chi connectivity index (χ3v) is 4.15. The standard InChI is InChI=1S/C22H25NO4/c1-25-21-8-4-5-9-22(21)26-13-12-23-15-19(24)16-27-20-11-10-17-6-2-3-7-18(17)14-20/h2-11,14,19,23-24H,12-13,15-16H2,1H3. The third kappa shape index (κ3) is 5.61. The SMILES string of the molecule is COc1ccccc1OCCNCC(O)COc1ccc2ccccc2c1. The minimum atomic E-state index is -0.595. The molecule has 3 aromatic rings. The summed E-state index contributed by atoms with van der Waals surface area (Å²) in [7, 11) is 1.62. The van der Waals surface area contributed by atoms with Gasteiger partial charge >= 0.3 is 0 Å². The van der Waals surface area contributed by atoms with Crippen LogP contribution in [0.25, 0.3) is 10.8 Å². The van der Waals surface area contributed by atoms with E-state index >= 15 is 0 Å². The van der Waals surface area contributed by atoms with Crippen LogP contribution in [0.2, 0.25) is 0 Å². The first-order chi connectivity index (χ1) is 13.3. The summed E-state index contributed by atoms with van der Waals surface area (Å²) in [6.45, 7) is 1.77. The average molecular weight is 367 g/mol. The van der Waals surface area contributed by atoms with E-state index in [9.17, 15) is 5.11 Å². The zero-order chi connectivity index (χ0) is 18.9. The van der Waals surface area contributed by atoms with Crippen molar-refractivity contribution in [3.8, 4) is 17.2 Å². The fraction of sp³-hybridized carbons (Fsp3) is 0.273. The molecule has 0 saturated carbocycles. The molecule has 1 unspecified atom stereocenters. The Labute approximate surface area is 159 Å². The number of rotatable bonds is 10. The maximum atomic E-state index is 10.1. The van der Waals surface area contributed by atoms with Crippen LogP contribution in [0.15, 0.2) is 66.7 Å². The lowest BCUT2D eigenvalue weighted by molar-refractivity contribution is 0.105. The number of aliphatic hydroxyl groups excluding tert-OH is 1. The molecule has 0 aliphatic carbocycles. The second-order valence-corrected chi connectivity index (χ2v) is 6.18. The molecule has 142 valence electrons. The molecule has 0 heterocycles. The first kappa shape index (κ1) is 19.0. The van der Waals surface area contributed by atoms with Gasteiger partial charge in [0.15, 0.2) is 11.5 Å². The minimum absolute atomic E-state index is 0.235. The molecule has 5 heteroatoms. The van der Waals surface area contributed by atoms with Crippen molar-refractivity contribution in [2.45, 2.75) is 6.10 Å². The van der Waals surface area contributed by atoms with E-state index in [0.717, 1.165) is 11.1 Å². The van der Waals surface area contributed by atoms with E-state index in [4.69, 9.17) is 14.2 Å². The number of benzene rings is 3. The average Bonchev–Trinajstić information content (AvgIpc) is 2.72. The zero-order valence-electron chi connectivity index (χ0n) is 15.4. The Kier molecular flexibility index (Phi) is 6.90. The molecular weight excluding hydrogens is 342 g/mol. The third-order valence-electron chi connectivity index (χ3n) is 4.15. The van der Waals surface area contributed by atoms with Crippen LogP contribution in [0, 0.1) is 0 Å². The van der Waals surface area contributed by atoms with Gasteiger partial charge in [-0.05, 0) is 35.0 Å². The highest BCUT2D eigenvalue weighted by Crippen LogP contribution is 2.25. The predicted molar refractivity (Wildman–Crippen MR) is 107 cm³/mol. The normalized spacial score (nSPS) is 11.9. The summed E-state index contributed by atoms with van der Waals surface area (Å²) in [4.78, 5) is 0. The van der Waals surface area contributed by atoms with Crippen LogP contribution in [0.5, 0.6) is 17.2 Å². The van der Waals surface area contributed by atoms with Crippen LogP contribution in [0.3, 0.4) is 0 Å². The van der Waals surface area contributed by atoms with Gasteiger partial charge in [0.05, 0.1) is 7.11 Å². The van der Waals surface area contributed by atoms with Gasteiger partial charge in [-0.25, -0.2) is 0 Å². The Bertz CT molecular complexity index is 852. The van der Waals surface area contributed by atoms with Gasteiger partial charge in [0, 0.05) is 13.1 Å². The number of fused-ring (bicyclic) bond motifs is 1. The second kappa shape index (κ2) is 9.80. The molecule has 0 amide bonds. The maximum Gasteiger partial charge on any atom is 0.161 e. The quantitative estimate of drug-likeness (QED) is 0.539. The lowest BCUT2D eigenvalue weighted by atomic mass is 10.1. The second-order valence-electron chi connectivity index (χ2n) is 6.18. The van der Waals surface area contributed by atoms with E-state index in [1.807, 2.05) is 60.7 Å². The number of aliphatic hydroxyl groups is 1. The first-order valence-electron chi connectivity index (χ1n) is 9.02. The smallest absolute Gasteiger partial charge is 0.161 e. The molecule has 0 spiro atoms. The molecule has 0 radical (unpaired) electrons. The van der Waals surface area contributed by atoms with Crippen molar-refractivity contribution in [3.63, 3.8) is 0 Å². The molecule has 3 aromatic carbocycles. The summed E-state index contributed by atoms with van der Waals surface area (Å²) < 4.78 is 16.6. The number of methoxy groups -OCH3 is 1. The van der Waals surface area contributed by atoms with Crippen molar-refractivity contribution in [1.29, 1.82) is 0 Å². The highest BCUT2D eigenvalue weighted by Gasteiger charge is 2.06. The number of para-hydroxylation sites is 2. The van der Waals surface area contributed by atoms with E-state index in [-0.39, 0.29) is 6.61 Å². The number of hydrogen-bond acceptors (Lipinski definition) is 5. The molecule has 2 N–H and O–H groups in total. The van der Waals surface area contributed by atoms with Crippen LogP contribution in [-0.2, 0) is 0 Å². The largest absolute Gasteiger partial charge is 0.493 e. The Hall–Kier alpha value is -2.76. The molecule has 0 aliphatic heterocycles. The molecule has 0 saturated heterocycles. The molecular formula is C22H25NO4. The molecule has 3 rings (SSSR count). The summed E-state index contributed by atoms with van der Waals surface area (Å²) in [5.74, 6) is 2.18. The van der Waals surface area contributed by atoms with Crippen molar-refractivity contribution in [3.05, 3.63) is 66.7 Å². The Morgan fingerprint density at radius 2 is 1.63 bits per heavy atom. The highest BCUT2D eigenvalue weighted by atomic mass is 16.5. The van der Waals surface area contributed by atoms with E-state index in [0.29, 0.717) is 31.2 Å². The maximum absolute atomic E-state index is 10.1. The Morgan fingerprint density at radius 3 is 2.44 bits per heavy atom. The number of nitrogens with one attached hydrogen (secondary N) is 1. The predicted octanol–water partition coefficient (Wildman–Crippen LogP) is 3.26. The number of ether oxygens (including phenoxy) is 3.